The van der Waals surface area contributed by atoms with Crippen molar-refractivity contribution in [1.29, 1.82) is 0 Å². The van der Waals surface area contributed by atoms with Gasteiger partial charge in [-0.2, -0.15) is 0 Å². The van der Waals surface area contributed by atoms with Crippen LogP contribution in [0.4, 0.5) is 0 Å². The minimum atomic E-state index is -0.971. The molecule has 0 aliphatic carbocycles. The molecular weight excluding hydrogens is 152 g/mol. The Hall–Kier alpha value is -0.970. The van der Waals surface area contributed by atoms with Crippen molar-refractivity contribution in [3.63, 3.8) is 0 Å². The molecule has 0 unspecified atom stereocenters. The molecule has 0 bridgehead atoms. The highest BCUT2D eigenvalue weighted by atomic mass is 32.2. The molecule has 1 heterocycles. The Balaban J connectivity index is 3.01. The number of nitrogens with one attached hydrogen (secondary N) is 1. The predicted molar refractivity (Wildman–Crippen MR) is 37.3 cm³/mol. The zero-order chi connectivity index (χ0) is 7.56. The summed E-state index contributed by atoms with van der Waals surface area (Å²) in [4.78, 5) is 16.7. The van der Waals surface area contributed by atoms with Gasteiger partial charge in [-0.3, -0.25) is 0 Å². The third-order valence-electron chi connectivity index (χ3n) is 1.01. The van der Waals surface area contributed by atoms with E-state index in [2.05, 4.69) is 9.97 Å². The van der Waals surface area contributed by atoms with Gasteiger partial charge in [0.05, 0.1) is 6.33 Å². The van der Waals surface area contributed by atoms with Crippen LogP contribution >= 0.6 is 11.8 Å². The van der Waals surface area contributed by atoms with Crippen molar-refractivity contribution in [2.24, 2.45) is 0 Å². The molecule has 0 saturated heterocycles. The first-order chi connectivity index (χ1) is 4.75. The maximum absolute atomic E-state index is 10.4. The van der Waals surface area contributed by atoms with Gasteiger partial charge in [-0.15, -0.1) is 11.8 Å². The van der Waals surface area contributed by atoms with Crippen LogP contribution in [0.3, 0.4) is 0 Å². The molecule has 1 aromatic rings. The summed E-state index contributed by atoms with van der Waals surface area (Å²) in [5, 5.41) is 9.02. The van der Waals surface area contributed by atoms with Gasteiger partial charge in [0.1, 0.15) is 5.03 Å². The van der Waals surface area contributed by atoms with Gasteiger partial charge < -0.3 is 10.1 Å². The number of hydrogen-bond acceptors (Lipinski definition) is 3. The fourth-order valence-corrected chi connectivity index (χ4v) is 1.10. The molecule has 0 aromatic carbocycles. The summed E-state index contributed by atoms with van der Waals surface area (Å²) >= 11 is 1.31. The second kappa shape index (κ2) is 2.74. The highest BCUT2D eigenvalue weighted by molar-refractivity contribution is 7.98. The van der Waals surface area contributed by atoms with Crippen molar-refractivity contribution >= 4 is 17.7 Å². The Bertz CT molecular complexity index is 246. The number of nitrogens with zero attached hydrogens (tertiary/aromatic N) is 1. The molecule has 4 nitrogen and oxygen atoms in total. The summed E-state index contributed by atoms with van der Waals surface area (Å²) < 4.78 is 0. The number of carboxylic acids is 1. The molecule has 0 saturated carbocycles. The van der Waals surface area contributed by atoms with Crippen molar-refractivity contribution in [3.8, 4) is 0 Å². The second-order valence-corrected chi connectivity index (χ2v) is 2.39. The van der Waals surface area contributed by atoms with E-state index in [0.717, 1.165) is 0 Å². The van der Waals surface area contributed by atoms with E-state index in [1.165, 1.54) is 18.1 Å². The highest BCUT2D eigenvalue weighted by Gasteiger charge is 2.10. The minimum absolute atomic E-state index is 0.160. The molecule has 1 aromatic heterocycles. The fourth-order valence-electron chi connectivity index (χ4n) is 0.590. The van der Waals surface area contributed by atoms with Crippen LogP contribution in [0.25, 0.3) is 0 Å². The van der Waals surface area contributed by atoms with E-state index in [9.17, 15) is 4.79 Å². The molecule has 2 N–H and O–H groups in total. The van der Waals surface area contributed by atoms with Gasteiger partial charge in [-0.05, 0) is 6.26 Å². The number of carboxylic acid groups (broad SMARTS) is 1. The lowest BCUT2D eigenvalue weighted by molar-refractivity contribution is 0.0687. The van der Waals surface area contributed by atoms with Crippen molar-refractivity contribution in [2.75, 3.05) is 6.26 Å². The Labute approximate surface area is 61.7 Å². The highest BCUT2D eigenvalue weighted by Crippen LogP contribution is 2.14. The van der Waals surface area contributed by atoms with E-state index in [1.807, 2.05) is 0 Å². The summed E-state index contributed by atoms with van der Waals surface area (Å²) in [5.74, 6) is -0.971. The average Bonchev–Trinajstić information content (AvgIpc) is 2.33. The fraction of sp³-hybridized carbons (Fsp3) is 0.200. The quantitative estimate of drug-likeness (QED) is 0.625. The van der Waals surface area contributed by atoms with Gasteiger partial charge >= 0.3 is 5.97 Å². The molecule has 10 heavy (non-hydrogen) atoms. The molecule has 0 spiro atoms. The van der Waals surface area contributed by atoms with Gasteiger partial charge in [0.25, 0.3) is 0 Å². The van der Waals surface area contributed by atoms with Crippen molar-refractivity contribution in [1.82, 2.24) is 9.97 Å². The summed E-state index contributed by atoms with van der Waals surface area (Å²) in [5.41, 5.74) is 0.160. The largest absolute Gasteiger partial charge is 0.476 e. The van der Waals surface area contributed by atoms with Crippen LogP contribution in [0.15, 0.2) is 11.4 Å². The summed E-state index contributed by atoms with van der Waals surface area (Å²) in [6.45, 7) is 0. The number of imidazole rings is 1. The van der Waals surface area contributed by atoms with Crippen LogP contribution < -0.4 is 0 Å². The van der Waals surface area contributed by atoms with Gasteiger partial charge in [-0.25, -0.2) is 9.78 Å². The zero-order valence-electron chi connectivity index (χ0n) is 5.29. The number of thioether (sulfide) groups is 1. The molecule has 0 radical (unpaired) electrons. The maximum atomic E-state index is 10.4. The van der Waals surface area contributed by atoms with E-state index in [-0.39, 0.29) is 5.69 Å². The number of aromatic carboxylic acids is 1. The van der Waals surface area contributed by atoms with Crippen LogP contribution in [0, 0.1) is 0 Å². The Morgan fingerprint density at radius 1 is 1.90 bits per heavy atom. The van der Waals surface area contributed by atoms with Crippen molar-refractivity contribution < 1.29 is 9.90 Å². The summed E-state index contributed by atoms with van der Waals surface area (Å²) in [6, 6.07) is 0. The first-order valence-corrected chi connectivity index (χ1v) is 3.79. The minimum Gasteiger partial charge on any atom is -0.476 e. The van der Waals surface area contributed by atoms with Gasteiger partial charge in [-0.1, -0.05) is 0 Å². The van der Waals surface area contributed by atoms with Crippen LogP contribution in [-0.4, -0.2) is 27.3 Å². The third-order valence-corrected chi connectivity index (χ3v) is 1.71. The lowest BCUT2D eigenvalue weighted by Crippen LogP contribution is -1.97. The number of hydrogen-bond donors (Lipinski definition) is 2. The van der Waals surface area contributed by atoms with Crippen LogP contribution in [0.1, 0.15) is 10.5 Å². The lowest BCUT2D eigenvalue weighted by Gasteiger charge is -1.89. The topological polar surface area (TPSA) is 66.0 Å². The normalized spacial score (nSPS) is 9.70. The van der Waals surface area contributed by atoms with Gasteiger partial charge in [0.15, 0.2) is 5.69 Å². The number of rotatable bonds is 2. The van der Waals surface area contributed by atoms with Gasteiger partial charge in [0, 0.05) is 0 Å². The lowest BCUT2D eigenvalue weighted by atomic mass is 10.5. The average molecular weight is 158 g/mol. The SMILES string of the molecule is CSc1nc[nH]c1C(=O)O. The number of aromatic amines is 1. The number of H-pyrrole nitrogens is 1. The van der Waals surface area contributed by atoms with E-state index in [0.29, 0.717) is 5.03 Å². The van der Waals surface area contributed by atoms with Crippen LogP contribution in [-0.2, 0) is 0 Å². The molecule has 0 aliphatic rings. The second-order valence-electron chi connectivity index (χ2n) is 1.59. The van der Waals surface area contributed by atoms with Crippen LogP contribution in [0.5, 0.6) is 0 Å². The molecule has 0 aliphatic heterocycles. The third kappa shape index (κ3) is 1.13. The number of carbonyl (C=O) groups is 1. The smallest absolute Gasteiger partial charge is 0.355 e. The summed E-state index contributed by atoms with van der Waals surface area (Å²) in [7, 11) is 0. The Morgan fingerprint density at radius 3 is 3.00 bits per heavy atom. The van der Waals surface area contributed by atoms with Crippen LogP contribution in [0.2, 0.25) is 0 Å². The van der Waals surface area contributed by atoms with Crippen molar-refractivity contribution in [2.45, 2.75) is 5.03 Å². The molecule has 0 amide bonds. The Kier molecular flexibility index (Phi) is 1.96. The van der Waals surface area contributed by atoms with E-state index < -0.39 is 5.97 Å². The van der Waals surface area contributed by atoms with E-state index in [1.54, 1.807) is 6.26 Å². The molecule has 0 atom stereocenters. The monoisotopic (exact) mass is 158 g/mol. The van der Waals surface area contributed by atoms with E-state index >= 15 is 0 Å². The molecule has 54 valence electrons. The molecule has 5 heteroatoms. The molecule has 1 rings (SSSR count). The number of aromatic nitrogens is 2. The van der Waals surface area contributed by atoms with E-state index in [4.69, 9.17) is 5.11 Å². The maximum Gasteiger partial charge on any atom is 0.355 e. The Morgan fingerprint density at radius 2 is 2.60 bits per heavy atom. The molecular formula is C5H6N2O2S. The van der Waals surface area contributed by atoms with Crippen molar-refractivity contribution in [3.05, 3.63) is 12.0 Å². The standard InChI is InChI=1S/C5H6N2O2S/c1-10-4-3(5(8)9)6-2-7-4/h2H,1H3,(H,6,7)(H,8,9). The summed E-state index contributed by atoms with van der Waals surface area (Å²) in [6.07, 6.45) is 3.15. The predicted octanol–water partition coefficient (Wildman–Crippen LogP) is 0.830. The van der Waals surface area contributed by atoms with Gasteiger partial charge in [0.2, 0.25) is 0 Å². The molecule has 0 fully saturated rings. The first kappa shape index (κ1) is 7.14. The first-order valence-electron chi connectivity index (χ1n) is 2.56. The zero-order valence-corrected chi connectivity index (χ0v) is 6.10.